The van der Waals surface area contributed by atoms with Crippen molar-refractivity contribution in [2.75, 3.05) is 32.1 Å². The molecule has 1 aliphatic carbocycles. The zero-order valence-electron chi connectivity index (χ0n) is 24.2. The lowest BCUT2D eigenvalue weighted by Crippen LogP contribution is -2.42. The van der Waals surface area contributed by atoms with E-state index in [1.54, 1.807) is 4.31 Å². The predicted octanol–water partition coefficient (Wildman–Crippen LogP) is 6.90. The van der Waals surface area contributed by atoms with E-state index in [9.17, 15) is 18.0 Å². The minimum absolute atomic E-state index is 0.0116. The third-order valence-electron chi connectivity index (χ3n) is 8.13. The Morgan fingerprint density at radius 2 is 1.72 bits per heavy atom. The number of hydrogen-bond acceptors (Lipinski definition) is 8. The molecule has 2 heterocycles. The van der Waals surface area contributed by atoms with Gasteiger partial charge < -0.3 is 14.8 Å². The number of thiophene rings is 1. The van der Waals surface area contributed by atoms with Crippen LogP contribution in [0.4, 0.5) is 5.69 Å². The Bertz CT molecular complexity index is 1530. The number of ketones is 1. The van der Waals surface area contributed by atoms with E-state index < -0.39 is 16.0 Å². The number of hydrogen-bond donors (Lipinski definition) is 1. The van der Waals surface area contributed by atoms with E-state index in [-0.39, 0.29) is 30.1 Å². The molecule has 1 aromatic heterocycles. The predicted molar refractivity (Wildman–Crippen MR) is 173 cm³/mol. The Hall–Kier alpha value is -2.73. The summed E-state index contributed by atoms with van der Waals surface area (Å²) in [6, 6.07) is 17.3. The van der Waals surface area contributed by atoms with Gasteiger partial charge in [-0.25, -0.2) is 17.5 Å². The molecule has 2 aliphatic rings. The molecule has 0 spiro atoms. The van der Waals surface area contributed by atoms with Gasteiger partial charge >= 0.3 is 5.97 Å². The number of carbonyl (C=O) groups is 2. The van der Waals surface area contributed by atoms with Crippen LogP contribution in [0.15, 0.2) is 59.1 Å². The number of benzene rings is 2. The number of esters is 1. The Kier molecular flexibility index (Phi) is 10.6. The van der Waals surface area contributed by atoms with Crippen molar-refractivity contribution in [1.82, 2.24) is 4.31 Å². The van der Waals surface area contributed by atoms with Crippen LogP contribution in [0.25, 0.3) is 10.4 Å². The molecule has 3 aromatic rings. The van der Waals surface area contributed by atoms with Gasteiger partial charge in [0.15, 0.2) is 16.4 Å². The lowest BCUT2D eigenvalue weighted by molar-refractivity contribution is -0.125. The monoisotopic (exact) mass is 688 g/mol. The van der Waals surface area contributed by atoms with Crippen LogP contribution in [0.1, 0.15) is 60.2 Å². The average Bonchev–Trinajstić information content (AvgIpc) is 3.36. The standard InChI is InChI=1S/C32H37BrN2O6S2/c1-40-32(37)31-29(41-20-27(36)23-11-6-3-7-12-23)28(33)30(42-31)24-13-8-14-26(19-24)34-25-15-17-35(18-16-25)43(38,39)21-22-9-4-2-5-10-22/h2,4-5,8-10,13-14,19,23,25,34H,3,6-7,11-12,15-18,20-21H2,1H3. The number of rotatable bonds is 11. The highest BCUT2D eigenvalue weighted by atomic mass is 79.9. The molecule has 2 aromatic carbocycles. The summed E-state index contributed by atoms with van der Waals surface area (Å²) in [7, 11) is -2.05. The molecule has 0 atom stereocenters. The molecule has 1 saturated carbocycles. The number of sulfonamides is 1. The normalized spacial score (nSPS) is 17.0. The molecular weight excluding hydrogens is 652 g/mol. The van der Waals surface area contributed by atoms with Gasteiger partial charge in [-0.15, -0.1) is 11.3 Å². The summed E-state index contributed by atoms with van der Waals surface area (Å²) in [6.45, 7) is 0.850. The first-order valence-electron chi connectivity index (χ1n) is 14.7. The number of halogens is 1. The fourth-order valence-corrected chi connectivity index (χ4v) is 9.29. The van der Waals surface area contributed by atoms with Crippen molar-refractivity contribution in [3.05, 3.63) is 69.5 Å². The van der Waals surface area contributed by atoms with Crippen LogP contribution in [-0.4, -0.2) is 57.3 Å². The van der Waals surface area contributed by atoms with Gasteiger partial charge in [0.1, 0.15) is 6.61 Å². The van der Waals surface area contributed by atoms with Crippen LogP contribution in [-0.2, 0) is 25.3 Å². The van der Waals surface area contributed by atoms with Crippen molar-refractivity contribution in [3.8, 4) is 16.2 Å². The highest BCUT2D eigenvalue weighted by molar-refractivity contribution is 9.10. The van der Waals surface area contributed by atoms with Crippen LogP contribution >= 0.6 is 27.3 Å². The minimum Gasteiger partial charge on any atom is -0.483 e. The molecule has 0 radical (unpaired) electrons. The van der Waals surface area contributed by atoms with Gasteiger partial charge in [0, 0.05) is 30.7 Å². The van der Waals surface area contributed by atoms with Gasteiger partial charge in [-0.1, -0.05) is 61.7 Å². The summed E-state index contributed by atoms with van der Waals surface area (Å²) < 4.78 is 39.1. The Morgan fingerprint density at radius 3 is 2.42 bits per heavy atom. The number of anilines is 1. The largest absolute Gasteiger partial charge is 0.483 e. The third-order valence-corrected chi connectivity index (χ3v) is 12.2. The van der Waals surface area contributed by atoms with Crippen molar-refractivity contribution >= 4 is 54.7 Å². The number of methoxy groups -OCH3 is 1. The molecule has 2 fully saturated rings. The second kappa shape index (κ2) is 14.4. The van der Waals surface area contributed by atoms with Crippen molar-refractivity contribution in [3.63, 3.8) is 0 Å². The maximum Gasteiger partial charge on any atom is 0.351 e. The van der Waals surface area contributed by atoms with Crippen molar-refractivity contribution in [2.24, 2.45) is 5.92 Å². The Balaban J connectivity index is 1.25. The van der Waals surface area contributed by atoms with Crippen LogP contribution < -0.4 is 10.1 Å². The van der Waals surface area contributed by atoms with E-state index in [2.05, 4.69) is 21.2 Å². The van der Waals surface area contributed by atoms with Gasteiger partial charge in [0.25, 0.3) is 0 Å². The van der Waals surface area contributed by atoms with Crippen molar-refractivity contribution in [1.29, 1.82) is 0 Å². The van der Waals surface area contributed by atoms with E-state index in [0.29, 0.717) is 41.0 Å². The Labute approximate surface area is 266 Å². The van der Waals surface area contributed by atoms with Gasteiger partial charge in [-0.05, 0) is 64.9 Å². The third kappa shape index (κ3) is 7.87. The molecule has 1 saturated heterocycles. The molecule has 8 nitrogen and oxygen atoms in total. The first-order chi connectivity index (χ1) is 20.7. The highest BCUT2D eigenvalue weighted by Crippen LogP contribution is 2.46. The van der Waals surface area contributed by atoms with Gasteiger partial charge in [-0.2, -0.15) is 0 Å². The first kappa shape index (κ1) is 31.7. The number of ether oxygens (including phenoxy) is 2. The fraction of sp³-hybridized carbons (Fsp3) is 0.438. The zero-order valence-corrected chi connectivity index (χ0v) is 27.4. The number of Topliss-reactive ketones (excluding diaryl/α,β-unsaturated/α-hetero) is 1. The van der Waals surface area contributed by atoms with E-state index in [4.69, 9.17) is 9.47 Å². The minimum atomic E-state index is -3.38. The molecule has 0 bridgehead atoms. The summed E-state index contributed by atoms with van der Waals surface area (Å²) in [4.78, 5) is 26.6. The molecule has 0 unspecified atom stereocenters. The van der Waals surface area contributed by atoms with Crippen LogP contribution in [0, 0.1) is 5.92 Å². The van der Waals surface area contributed by atoms with E-state index in [1.165, 1.54) is 24.9 Å². The SMILES string of the molecule is COC(=O)c1sc(-c2cccc(NC3CCN(S(=O)(=O)Cc4ccccc4)CC3)c2)c(Br)c1OCC(=O)C1CCCCC1. The second-order valence-corrected chi connectivity index (χ2v) is 14.9. The molecule has 1 N–H and O–H groups in total. The van der Waals surface area contributed by atoms with E-state index in [1.807, 2.05) is 54.6 Å². The summed E-state index contributed by atoms with van der Waals surface area (Å²) in [6.07, 6.45) is 6.47. The number of nitrogens with one attached hydrogen (secondary N) is 1. The molecule has 11 heteroatoms. The van der Waals surface area contributed by atoms with E-state index in [0.717, 1.165) is 47.4 Å². The van der Waals surface area contributed by atoms with Crippen LogP contribution in [0.5, 0.6) is 5.75 Å². The molecule has 230 valence electrons. The van der Waals surface area contributed by atoms with Crippen molar-refractivity contribution in [2.45, 2.75) is 56.7 Å². The van der Waals surface area contributed by atoms with E-state index >= 15 is 0 Å². The number of nitrogens with zero attached hydrogens (tertiary/aromatic N) is 1. The molecule has 5 rings (SSSR count). The molecule has 43 heavy (non-hydrogen) atoms. The van der Waals surface area contributed by atoms with Crippen molar-refractivity contribution < 1.29 is 27.5 Å². The van der Waals surface area contributed by atoms with Crippen LogP contribution in [0.3, 0.4) is 0 Å². The van der Waals surface area contributed by atoms with Crippen LogP contribution in [0.2, 0.25) is 0 Å². The summed E-state index contributed by atoms with van der Waals surface area (Å²) >= 11 is 4.90. The first-order valence-corrected chi connectivity index (χ1v) is 17.9. The quantitative estimate of drug-likeness (QED) is 0.219. The zero-order chi connectivity index (χ0) is 30.4. The molecular formula is C32H37BrN2O6S2. The molecule has 1 aliphatic heterocycles. The molecule has 0 amide bonds. The van der Waals surface area contributed by atoms with Gasteiger partial charge in [0.2, 0.25) is 10.0 Å². The number of carbonyl (C=O) groups excluding carboxylic acids is 2. The maximum atomic E-state index is 13.0. The lowest BCUT2D eigenvalue weighted by Gasteiger charge is -2.32. The van der Waals surface area contributed by atoms with Gasteiger partial charge in [0.05, 0.1) is 22.2 Å². The topological polar surface area (TPSA) is 102 Å². The van der Waals surface area contributed by atoms with Gasteiger partial charge in [-0.3, -0.25) is 4.79 Å². The second-order valence-electron chi connectivity index (χ2n) is 11.1. The summed E-state index contributed by atoms with van der Waals surface area (Å²) in [5.41, 5.74) is 2.57. The summed E-state index contributed by atoms with van der Waals surface area (Å²) in [5, 5.41) is 3.56. The number of piperidine rings is 1. The smallest absolute Gasteiger partial charge is 0.351 e. The maximum absolute atomic E-state index is 13.0. The highest BCUT2D eigenvalue weighted by Gasteiger charge is 2.29. The average molecular weight is 690 g/mol. The fourth-order valence-electron chi connectivity index (χ4n) is 5.76. The summed E-state index contributed by atoms with van der Waals surface area (Å²) in [5.74, 6) is -0.0811. The Morgan fingerprint density at radius 1 is 1.00 bits per heavy atom. The lowest BCUT2D eigenvalue weighted by atomic mass is 9.86.